The quantitative estimate of drug-likeness (QED) is 0.236. The van der Waals surface area contributed by atoms with Crippen molar-refractivity contribution in [2.75, 3.05) is 32.0 Å². The summed E-state index contributed by atoms with van der Waals surface area (Å²) in [6.07, 6.45) is 4.72. The molecule has 1 heterocycles. The van der Waals surface area contributed by atoms with E-state index in [2.05, 4.69) is 22.9 Å². The van der Waals surface area contributed by atoms with Crippen molar-refractivity contribution in [3.63, 3.8) is 0 Å². The number of amides is 1. The highest BCUT2D eigenvalue weighted by molar-refractivity contribution is 6.41. The average molecular weight is 550 g/mol. The molecule has 0 aromatic heterocycles. The van der Waals surface area contributed by atoms with Crippen LogP contribution in [0.4, 0.5) is 17.1 Å². The van der Waals surface area contributed by atoms with Crippen LogP contribution in [-0.2, 0) is 4.79 Å². The second-order valence-corrected chi connectivity index (χ2v) is 8.92. The maximum atomic E-state index is 11.9. The zero-order chi connectivity index (χ0) is 27.4. The number of halogens is 2. The zero-order valence-electron chi connectivity index (χ0n) is 21.2. The first-order chi connectivity index (χ1) is 18.3. The van der Waals surface area contributed by atoms with Crippen LogP contribution in [0.1, 0.15) is 11.1 Å². The van der Waals surface area contributed by atoms with E-state index in [1.807, 2.05) is 31.2 Å². The number of rotatable bonds is 7. The number of aliphatic imine (C=N–C) groups is 1. The molecule has 0 saturated heterocycles. The van der Waals surface area contributed by atoms with Gasteiger partial charge in [0.05, 0.1) is 48.4 Å². The number of fused-ring (bicyclic) bond motifs is 1. The summed E-state index contributed by atoms with van der Waals surface area (Å²) in [5.74, 6) is 1.55. The van der Waals surface area contributed by atoms with Crippen LogP contribution in [0.5, 0.6) is 17.2 Å². The van der Waals surface area contributed by atoms with Crippen LogP contribution in [0.2, 0.25) is 10.0 Å². The van der Waals surface area contributed by atoms with Gasteiger partial charge in [0.2, 0.25) is 5.91 Å². The molecular weight excluding hydrogens is 525 g/mol. The lowest BCUT2D eigenvalue weighted by atomic mass is 9.99. The molecule has 3 aromatic carbocycles. The highest BCUT2D eigenvalue weighted by Gasteiger charge is 2.22. The molecule has 1 amide bonds. The number of amidine groups is 1. The third kappa shape index (κ3) is 5.27. The number of hydrogen-bond donors (Lipinski definition) is 2. The molecule has 0 aliphatic carbocycles. The normalized spacial score (nSPS) is 12.8. The number of carbonyl (C=O) groups excluding carboxylic acids is 1. The van der Waals surface area contributed by atoms with E-state index in [0.717, 1.165) is 11.1 Å². The lowest BCUT2D eigenvalue weighted by Gasteiger charge is -2.18. The Morgan fingerprint density at radius 3 is 2.34 bits per heavy atom. The van der Waals surface area contributed by atoms with Crippen LogP contribution >= 0.6 is 23.2 Å². The third-order valence-corrected chi connectivity index (χ3v) is 6.59. The number of hydrogen-bond acceptors (Lipinski definition) is 5. The molecule has 0 fully saturated rings. The summed E-state index contributed by atoms with van der Waals surface area (Å²) in [4.78, 5) is 16.7. The molecular formula is C29H25Cl2N3O4. The van der Waals surface area contributed by atoms with Crippen LogP contribution in [0.25, 0.3) is 17.2 Å². The van der Waals surface area contributed by atoms with Crippen molar-refractivity contribution in [3.05, 3.63) is 82.0 Å². The Balaban J connectivity index is 1.83. The number of benzene rings is 3. The van der Waals surface area contributed by atoms with Gasteiger partial charge in [0.25, 0.3) is 0 Å². The van der Waals surface area contributed by atoms with Gasteiger partial charge in [-0.3, -0.25) is 4.79 Å². The van der Waals surface area contributed by atoms with Crippen molar-refractivity contribution in [3.8, 4) is 28.4 Å². The largest absolute Gasteiger partial charge is 0.495 e. The number of aryl methyl sites for hydroxylation is 1. The van der Waals surface area contributed by atoms with E-state index >= 15 is 0 Å². The van der Waals surface area contributed by atoms with Gasteiger partial charge in [-0.15, -0.1) is 5.73 Å². The van der Waals surface area contributed by atoms with Gasteiger partial charge < -0.3 is 24.8 Å². The van der Waals surface area contributed by atoms with Gasteiger partial charge in [-0.2, -0.15) is 0 Å². The van der Waals surface area contributed by atoms with Crippen molar-refractivity contribution >= 4 is 58.1 Å². The summed E-state index contributed by atoms with van der Waals surface area (Å²) in [5, 5.41) is 6.82. The summed E-state index contributed by atoms with van der Waals surface area (Å²) >= 11 is 13.3. The van der Waals surface area contributed by atoms with Crippen LogP contribution in [0.15, 0.2) is 65.9 Å². The smallest absolute Gasteiger partial charge is 0.247 e. The van der Waals surface area contributed by atoms with Crippen LogP contribution in [0.3, 0.4) is 0 Å². The van der Waals surface area contributed by atoms with E-state index in [-0.39, 0.29) is 5.91 Å². The molecule has 194 valence electrons. The van der Waals surface area contributed by atoms with Crippen molar-refractivity contribution in [1.82, 2.24) is 0 Å². The minimum absolute atomic E-state index is 0.327. The van der Waals surface area contributed by atoms with Crippen LogP contribution < -0.4 is 24.8 Å². The second kappa shape index (κ2) is 11.5. The Morgan fingerprint density at radius 1 is 1.03 bits per heavy atom. The van der Waals surface area contributed by atoms with E-state index in [1.165, 1.54) is 20.3 Å². The summed E-state index contributed by atoms with van der Waals surface area (Å²) in [6.45, 7) is 5.43. The highest BCUT2D eigenvalue weighted by atomic mass is 35.5. The molecule has 3 aromatic rings. The minimum atomic E-state index is -0.327. The van der Waals surface area contributed by atoms with Gasteiger partial charge in [0.1, 0.15) is 23.1 Å². The van der Waals surface area contributed by atoms with Gasteiger partial charge in [-0.1, -0.05) is 41.9 Å². The summed E-state index contributed by atoms with van der Waals surface area (Å²) in [6, 6.07) is 10.9. The van der Waals surface area contributed by atoms with E-state index in [9.17, 15) is 4.79 Å². The van der Waals surface area contributed by atoms with Gasteiger partial charge in [-0.25, -0.2) is 4.99 Å². The third-order valence-electron chi connectivity index (χ3n) is 5.84. The van der Waals surface area contributed by atoms with E-state index in [0.29, 0.717) is 61.3 Å². The lowest BCUT2D eigenvalue weighted by Crippen LogP contribution is -2.11. The Hall–Kier alpha value is -4.16. The molecule has 0 radical (unpaired) electrons. The monoisotopic (exact) mass is 549 g/mol. The maximum absolute atomic E-state index is 11.9. The minimum Gasteiger partial charge on any atom is -0.495 e. The zero-order valence-corrected chi connectivity index (χ0v) is 22.8. The number of carbonyl (C=O) groups is 1. The van der Waals surface area contributed by atoms with Gasteiger partial charge >= 0.3 is 0 Å². The van der Waals surface area contributed by atoms with Crippen LogP contribution in [-0.4, -0.2) is 33.1 Å². The molecule has 0 saturated carbocycles. The Morgan fingerprint density at radius 2 is 1.71 bits per heavy atom. The molecule has 7 nitrogen and oxygen atoms in total. The highest BCUT2D eigenvalue weighted by Crippen LogP contribution is 2.48. The Bertz CT molecular complexity index is 1510. The fourth-order valence-electron chi connectivity index (χ4n) is 3.98. The van der Waals surface area contributed by atoms with Crippen molar-refractivity contribution in [2.24, 2.45) is 4.99 Å². The first kappa shape index (κ1) is 26.9. The number of para-hydroxylation sites is 1. The predicted molar refractivity (Wildman–Crippen MR) is 155 cm³/mol. The van der Waals surface area contributed by atoms with Crippen molar-refractivity contribution < 1.29 is 19.0 Å². The lowest BCUT2D eigenvalue weighted by molar-refractivity contribution is -0.111. The first-order valence-corrected chi connectivity index (χ1v) is 12.2. The number of nitrogens with one attached hydrogen (secondary N) is 2. The number of methoxy groups -OCH3 is 3. The summed E-state index contributed by atoms with van der Waals surface area (Å²) in [7, 11) is 4.62. The van der Waals surface area contributed by atoms with Crippen molar-refractivity contribution in [1.29, 1.82) is 0 Å². The number of ether oxygens (including phenoxy) is 3. The molecule has 1 aliphatic rings. The SMILES string of the molecule is C=CC(=O)Nc1cccc(C)c1N=C1C=C=Cc2cc(-c3c(Cl)c(OC)cc(OC)c3Cl)cc(OC)c2N1. The first-order valence-electron chi connectivity index (χ1n) is 11.4. The molecule has 2 N–H and O–H groups in total. The fraction of sp³-hybridized carbons (Fsp3) is 0.138. The fourth-order valence-corrected chi connectivity index (χ4v) is 4.70. The van der Waals surface area contributed by atoms with Gasteiger partial charge in [-0.05, 0) is 48.4 Å². The maximum Gasteiger partial charge on any atom is 0.247 e. The molecule has 4 rings (SSSR count). The topological polar surface area (TPSA) is 81.2 Å². The Labute approximate surface area is 231 Å². The molecule has 0 unspecified atom stereocenters. The number of anilines is 2. The standard InChI is InChI=1S/C29H25Cl2N3O4/c1-6-24(35)32-19-11-7-9-16(2)28(19)33-23-12-8-10-17-13-18(14-22(38-5)29(17)34-23)25-26(30)20(36-3)15-21(37-4)27(25)31/h6-7,9-15H,1H2,2-5H3,(H,32,35)(H,33,34). The average Bonchev–Trinajstić information content (AvgIpc) is 3.12. The number of nitrogens with zero attached hydrogens (tertiary/aromatic N) is 1. The van der Waals surface area contributed by atoms with E-state index in [1.54, 1.807) is 31.4 Å². The summed E-state index contributed by atoms with van der Waals surface area (Å²) < 4.78 is 16.6. The molecule has 0 bridgehead atoms. The molecule has 0 atom stereocenters. The second-order valence-electron chi connectivity index (χ2n) is 8.17. The molecule has 38 heavy (non-hydrogen) atoms. The molecule has 9 heteroatoms. The van der Waals surface area contributed by atoms with Crippen LogP contribution in [0, 0.1) is 6.92 Å². The van der Waals surface area contributed by atoms with E-state index < -0.39 is 0 Å². The molecule has 1 aliphatic heterocycles. The molecule has 0 spiro atoms. The van der Waals surface area contributed by atoms with Gasteiger partial charge in [0.15, 0.2) is 0 Å². The Kier molecular flexibility index (Phi) is 8.13. The van der Waals surface area contributed by atoms with Crippen molar-refractivity contribution in [2.45, 2.75) is 6.92 Å². The predicted octanol–water partition coefficient (Wildman–Crippen LogP) is 7.44. The van der Waals surface area contributed by atoms with E-state index in [4.69, 9.17) is 42.4 Å². The summed E-state index contributed by atoms with van der Waals surface area (Å²) in [5.41, 5.74) is 7.86. The van der Waals surface area contributed by atoms with Gasteiger partial charge in [0, 0.05) is 23.3 Å².